The second kappa shape index (κ2) is 4.39. The quantitative estimate of drug-likeness (QED) is 0.847. The van der Waals surface area contributed by atoms with E-state index in [-0.39, 0.29) is 11.1 Å². The van der Waals surface area contributed by atoms with Crippen LogP contribution in [0.3, 0.4) is 0 Å². The average molecular weight is 233 g/mol. The molecule has 0 atom stereocenters. The van der Waals surface area contributed by atoms with E-state index >= 15 is 0 Å². The number of rotatable bonds is 2. The number of hydrogen-bond donors (Lipinski definition) is 1. The lowest BCUT2D eigenvalue weighted by atomic mass is 9.88. The van der Waals surface area contributed by atoms with Gasteiger partial charge in [-0.2, -0.15) is 0 Å². The van der Waals surface area contributed by atoms with Gasteiger partial charge in [-0.3, -0.25) is 9.88 Å². The van der Waals surface area contributed by atoms with Gasteiger partial charge in [0.05, 0.1) is 5.69 Å². The number of nitrogens with zero attached hydrogens (tertiary/aromatic N) is 2. The molecule has 1 aromatic rings. The molecule has 1 aliphatic heterocycles. The minimum Gasteiger partial charge on any atom is -0.313 e. The van der Waals surface area contributed by atoms with E-state index in [1.807, 2.05) is 12.3 Å². The molecule has 1 N–H and O–H groups in total. The highest BCUT2D eigenvalue weighted by Crippen LogP contribution is 2.29. The fraction of sp³-hybridized carbons (Fsp3) is 0.643. The highest BCUT2D eigenvalue weighted by atomic mass is 15.3. The van der Waals surface area contributed by atoms with Gasteiger partial charge in [0.25, 0.3) is 0 Å². The molecule has 0 unspecified atom stereocenters. The molecule has 3 heteroatoms. The molecule has 0 bridgehead atoms. The van der Waals surface area contributed by atoms with E-state index in [4.69, 9.17) is 0 Å². The molecule has 0 radical (unpaired) electrons. The Hall–Kier alpha value is -0.930. The minimum atomic E-state index is 0.166. The van der Waals surface area contributed by atoms with Crippen molar-refractivity contribution < 1.29 is 0 Å². The molecule has 0 aliphatic carbocycles. The van der Waals surface area contributed by atoms with Crippen LogP contribution in [0.1, 0.15) is 33.4 Å². The SMILES string of the molecule is CC1(C)CNCC(C)(C)N1Cc1ccccn1. The summed E-state index contributed by atoms with van der Waals surface area (Å²) in [7, 11) is 0. The summed E-state index contributed by atoms with van der Waals surface area (Å²) in [6.45, 7) is 12.2. The van der Waals surface area contributed by atoms with E-state index in [1.165, 1.54) is 0 Å². The Balaban J connectivity index is 2.21. The van der Waals surface area contributed by atoms with Crippen molar-refractivity contribution in [2.75, 3.05) is 13.1 Å². The summed E-state index contributed by atoms with van der Waals surface area (Å²) in [5, 5.41) is 3.52. The lowest BCUT2D eigenvalue weighted by Gasteiger charge is -2.53. The van der Waals surface area contributed by atoms with Gasteiger partial charge < -0.3 is 5.32 Å². The molecule has 1 aromatic heterocycles. The van der Waals surface area contributed by atoms with Gasteiger partial charge in [0.2, 0.25) is 0 Å². The second-order valence-electron chi connectivity index (χ2n) is 6.14. The zero-order chi connectivity index (χ0) is 12.5. The van der Waals surface area contributed by atoms with Crippen LogP contribution >= 0.6 is 0 Å². The topological polar surface area (TPSA) is 28.2 Å². The molecule has 0 spiro atoms. The predicted octanol–water partition coefficient (Wildman–Crippen LogP) is 2.04. The first-order chi connectivity index (χ1) is 7.92. The molecule has 0 saturated carbocycles. The normalized spacial score (nSPS) is 23.5. The van der Waals surface area contributed by atoms with Gasteiger partial charge in [-0.1, -0.05) is 6.07 Å². The van der Waals surface area contributed by atoms with Crippen molar-refractivity contribution in [2.24, 2.45) is 0 Å². The average Bonchev–Trinajstić information content (AvgIpc) is 2.25. The molecule has 1 aliphatic rings. The van der Waals surface area contributed by atoms with Crippen molar-refractivity contribution in [3.63, 3.8) is 0 Å². The van der Waals surface area contributed by atoms with Crippen molar-refractivity contribution in [1.29, 1.82) is 0 Å². The lowest BCUT2D eigenvalue weighted by molar-refractivity contribution is -0.0214. The third-order valence-electron chi connectivity index (χ3n) is 3.62. The van der Waals surface area contributed by atoms with Crippen LogP contribution in [0.25, 0.3) is 0 Å². The first kappa shape index (κ1) is 12.5. The van der Waals surface area contributed by atoms with Crippen LogP contribution in [-0.4, -0.2) is 34.1 Å². The Morgan fingerprint density at radius 2 is 1.82 bits per heavy atom. The van der Waals surface area contributed by atoms with Crippen LogP contribution in [0.5, 0.6) is 0 Å². The van der Waals surface area contributed by atoms with Crippen molar-refractivity contribution >= 4 is 0 Å². The first-order valence-electron chi connectivity index (χ1n) is 6.30. The van der Waals surface area contributed by atoms with E-state index in [0.29, 0.717) is 0 Å². The molecule has 0 aromatic carbocycles. The smallest absolute Gasteiger partial charge is 0.0544 e. The molecule has 0 amide bonds. The van der Waals surface area contributed by atoms with Gasteiger partial charge in [0.1, 0.15) is 0 Å². The summed E-state index contributed by atoms with van der Waals surface area (Å²) in [5.74, 6) is 0. The summed E-state index contributed by atoms with van der Waals surface area (Å²) >= 11 is 0. The standard InChI is InChI=1S/C14H23N3/c1-13(2)10-15-11-14(3,4)17(13)9-12-7-5-6-8-16-12/h5-8,15H,9-11H2,1-4H3. The van der Waals surface area contributed by atoms with E-state index in [9.17, 15) is 0 Å². The Morgan fingerprint density at radius 1 is 1.18 bits per heavy atom. The number of pyridine rings is 1. The first-order valence-corrected chi connectivity index (χ1v) is 6.30. The molecule has 2 rings (SSSR count). The predicted molar refractivity (Wildman–Crippen MR) is 70.8 cm³/mol. The van der Waals surface area contributed by atoms with Crippen LogP contribution in [0.2, 0.25) is 0 Å². The molecule has 1 fully saturated rings. The van der Waals surface area contributed by atoms with Crippen molar-refractivity contribution in [2.45, 2.75) is 45.3 Å². The molecule has 3 nitrogen and oxygen atoms in total. The molecular weight excluding hydrogens is 210 g/mol. The van der Waals surface area contributed by atoms with E-state index in [0.717, 1.165) is 25.3 Å². The zero-order valence-electron chi connectivity index (χ0n) is 11.3. The number of hydrogen-bond acceptors (Lipinski definition) is 3. The Morgan fingerprint density at radius 3 is 2.35 bits per heavy atom. The lowest BCUT2D eigenvalue weighted by Crippen LogP contribution is -2.67. The van der Waals surface area contributed by atoms with Crippen LogP contribution in [0.15, 0.2) is 24.4 Å². The second-order valence-corrected chi connectivity index (χ2v) is 6.14. The van der Waals surface area contributed by atoms with Crippen molar-refractivity contribution in [1.82, 2.24) is 15.2 Å². The Bertz CT molecular complexity index is 354. The summed E-state index contributed by atoms with van der Waals surface area (Å²) in [6.07, 6.45) is 1.87. The van der Waals surface area contributed by atoms with Gasteiger partial charge >= 0.3 is 0 Å². The van der Waals surface area contributed by atoms with Gasteiger partial charge in [0.15, 0.2) is 0 Å². The monoisotopic (exact) mass is 233 g/mol. The molecule has 2 heterocycles. The van der Waals surface area contributed by atoms with Crippen molar-refractivity contribution in [3.05, 3.63) is 30.1 Å². The van der Waals surface area contributed by atoms with E-state index < -0.39 is 0 Å². The maximum Gasteiger partial charge on any atom is 0.0544 e. The summed E-state index contributed by atoms with van der Waals surface area (Å²) in [5.41, 5.74) is 1.48. The Labute approximate surface area is 104 Å². The number of nitrogens with one attached hydrogen (secondary N) is 1. The fourth-order valence-corrected chi connectivity index (χ4v) is 2.77. The largest absolute Gasteiger partial charge is 0.313 e. The molecular formula is C14H23N3. The molecule has 94 valence electrons. The third kappa shape index (κ3) is 2.67. The minimum absolute atomic E-state index is 0.166. The molecule has 17 heavy (non-hydrogen) atoms. The zero-order valence-corrected chi connectivity index (χ0v) is 11.3. The van der Waals surface area contributed by atoms with Crippen LogP contribution in [0.4, 0.5) is 0 Å². The summed E-state index contributed by atoms with van der Waals surface area (Å²) in [4.78, 5) is 7.00. The van der Waals surface area contributed by atoms with Crippen LogP contribution in [0, 0.1) is 0 Å². The number of aromatic nitrogens is 1. The Kier molecular flexibility index (Phi) is 3.23. The van der Waals surface area contributed by atoms with Gasteiger partial charge in [-0.15, -0.1) is 0 Å². The van der Waals surface area contributed by atoms with E-state index in [2.05, 4.69) is 55.0 Å². The molecule has 1 saturated heterocycles. The maximum absolute atomic E-state index is 4.44. The van der Waals surface area contributed by atoms with Crippen molar-refractivity contribution in [3.8, 4) is 0 Å². The number of piperazine rings is 1. The summed E-state index contributed by atoms with van der Waals surface area (Å²) in [6, 6.07) is 6.14. The van der Waals surface area contributed by atoms with Crippen LogP contribution in [-0.2, 0) is 6.54 Å². The van der Waals surface area contributed by atoms with Crippen LogP contribution < -0.4 is 5.32 Å². The fourth-order valence-electron chi connectivity index (χ4n) is 2.77. The third-order valence-corrected chi connectivity index (χ3v) is 3.62. The highest BCUT2D eigenvalue weighted by molar-refractivity contribution is 5.08. The van der Waals surface area contributed by atoms with E-state index in [1.54, 1.807) is 0 Å². The van der Waals surface area contributed by atoms with Gasteiger partial charge in [-0.05, 0) is 39.8 Å². The van der Waals surface area contributed by atoms with Gasteiger partial charge in [-0.25, -0.2) is 0 Å². The maximum atomic E-state index is 4.44. The highest BCUT2D eigenvalue weighted by Gasteiger charge is 2.41. The van der Waals surface area contributed by atoms with Gasteiger partial charge in [0, 0.05) is 36.9 Å². The summed E-state index contributed by atoms with van der Waals surface area (Å²) < 4.78 is 0.